The first-order chi connectivity index (χ1) is 13.6. The summed E-state index contributed by atoms with van der Waals surface area (Å²) in [7, 11) is 0. The Kier molecular flexibility index (Phi) is 6.74. The Morgan fingerprint density at radius 2 is 2.00 bits per heavy atom. The standard InChI is InChI=1S/C22H28N4O2/c1-3-8-20-19(13-23-16-24-20)22(28)25-12-11-21(27)26(18(4-2)15-25)14-17-9-6-5-7-10-17/h5-7,9-10,13,16,18H,3-4,8,11-12,14-15H2,1-2H3/t18-/m1/s1. The SMILES string of the molecule is CCCc1ncncc1C(=O)N1CCC(=O)N(Cc2ccccc2)[C@H](CC)C1. The lowest BCUT2D eigenvalue weighted by atomic mass is 10.1. The minimum atomic E-state index is -0.0724. The normalized spacial score (nSPS) is 17.5. The number of amides is 2. The van der Waals surface area contributed by atoms with E-state index in [0.717, 1.165) is 30.5 Å². The Morgan fingerprint density at radius 1 is 1.21 bits per heavy atom. The molecule has 0 N–H and O–H groups in total. The molecule has 1 saturated heterocycles. The molecule has 1 aliphatic heterocycles. The van der Waals surface area contributed by atoms with Crippen LogP contribution >= 0.6 is 0 Å². The van der Waals surface area contributed by atoms with Crippen LogP contribution in [0.25, 0.3) is 0 Å². The van der Waals surface area contributed by atoms with Crippen molar-refractivity contribution in [3.05, 3.63) is 59.7 Å². The van der Waals surface area contributed by atoms with Crippen LogP contribution in [0.4, 0.5) is 0 Å². The van der Waals surface area contributed by atoms with Gasteiger partial charge < -0.3 is 9.80 Å². The zero-order valence-corrected chi connectivity index (χ0v) is 16.7. The predicted molar refractivity (Wildman–Crippen MR) is 108 cm³/mol. The van der Waals surface area contributed by atoms with E-state index in [2.05, 4.69) is 23.8 Å². The van der Waals surface area contributed by atoms with Crippen molar-refractivity contribution < 1.29 is 9.59 Å². The Balaban J connectivity index is 1.80. The van der Waals surface area contributed by atoms with Crippen LogP contribution in [0.15, 0.2) is 42.9 Å². The molecule has 3 rings (SSSR count). The number of carbonyl (C=O) groups excluding carboxylic acids is 2. The lowest BCUT2D eigenvalue weighted by Gasteiger charge is -2.31. The van der Waals surface area contributed by atoms with Gasteiger partial charge in [0.05, 0.1) is 11.3 Å². The zero-order chi connectivity index (χ0) is 19.9. The summed E-state index contributed by atoms with van der Waals surface area (Å²) in [5, 5.41) is 0. The van der Waals surface area contributed by atoms with Crippen LogP contribution in [0.3, 0.4) is 0 Å². The maximum Gasteiger partial charge on any atom is 0.257 e. The molecule has 0 saturated carbocycles. The molecular formula is C22H28N4O2. The summed E-state index contributed by atoms with van der Waals surface area (Å²) in [6.07, 6.45) is 5.90. The minimum Gasteiger partial charge on any atom is -0.336 e. The number of carbonyl (C=O) groups is 2. The van der Waals surface area contributed by atoms with Crippen molar-refractivity contribution >= 4 is 11.8 Å². The molecule has 1 atom stereocenters. The van der Waals surface area contributed by atoms with Crippen molar-refractivity contribution in [3.8, 4) is 0 Å². The van der Waals surface area contributed by atoms with E-state index in [0.29, 0.717) is 31.6 Å². The third-order valence-electron chi connectivity index (χ3n) is 5.25. The summed E-state index contributed by atoms with van der Waals surface area (Å²) in [5.41, 5.74) is 2.45. The van der Waals surface area contributed by atoms with Gasteiger partial charge in [-0.25, -0.2) is 9.97 Å². The van der Waals surface area contributed by atoms with Crippen LogP contribution in [0.2, 0.25) is 0 Å². The summed E-state index contributed by atoms with van der Waals surface area (Å²) in [6.45, 7) is 5.68. The van der Waals surface area contributed by atoms with Gasteiger partial charge in [-0.15, -0.1) is 0 Å². The highest BCUT2D eigenvalue weighted by atomic mass is 16.2. The number of nitrogens with zero attached hydrogens (tertiary/aromatic N) is 4. The number of hydrogen-bond donors (Lipinski definition) is 0. The maximum absolute atomic E-state index is 13.2. The highest BCUT2D eigenvalue weighted by Crippen LogP contribution is 2.20. The highest BCUT2D eigenvalue weighted by Gasteiger charge is 2.31. The molecule has 1 fully saturated rings. The third kappa shape index (κ3) is 4.55. The summed E-state index contributed by atoms with van der Waals surface area (Å²) in [6, 6.07) is 10.0. The maximum atomic E-state index is 13.2. The van der Waals surface area contributed by atoms with Gasteiger partial charge in [0.25, 0.3) is 5.91 Å². The molecule has 148 valence electrons. The molecule has 6 heteroatoms. The summed E-state index contributed by atoms with van der Waals surface area (Å²) >= 11 is 0. The lowest BCUT2D eigenvalue weighted by Crippen LogP contribution is -2.44. The largest absolute Gasteiger partial charge is 0.336 e. The van der Waals surface area contributed by atoms with Crippen LogP contribution < -0.4 is 0 Å². The van der Waals surface area contributed by atoms with Gasteiger partial charge >= 0.3 is 0 Å². The van der Waals surface area contributed by atoms with E-state index in [1.165, 1.54) is 6.33 Å². The van der Waals surface area contributed by atoms with E-state index < -0.39 is 0 Å². The molecule has 2 amide bonds. The average molecular weight is 380 g/mol. The third-order valence-corrected chi connectivity index (χ3v) is 5.25. The van der Waals surface area contributed by atoms with E-state index in [1.54, 1.807) is 11.1 Å². The Bertz CT molecular complexity index is 809. The molecule has 6 nitrogen and oxygen atoms in total. The van der Waals surface area contributed by atoms with E-state index in [-0.39, 0.29) is 17.9 Å². The van der Waals surface area contributed by atoms with Gasteiger partial charge in [0, 0.05) is 38.3 Å². The van der Waals surface area contributed by atoms with Crippen molar-refractivity contribution in [2.75, 3.05) is 13.1 Å². The molecule has 2 heterocycles. The van der Waals surface area contributed by atoms with Gasteiger partial charge in [0.2, 0.25) is 5.91 Å². The number of benzene rings is 1. The van der Waals surface area contributed by atoms with Crippen molar-refractivity contribution in [1.82, 2.24) is 19.8 Å². The fourth-order valence-electron chi connectivity index (χ4n) is 3.69. The van der Waals surface area contributed by atoms with Crippen LogP contribution in [-0.2, 0) is 17.8 Å². The fourth-order valence-corrected chi connectivity index (χ4v) is 3.69. The van der Waals surface area contributed by atoms with Gasteiger partial charge in [0.15, 0.2) is 0 Å². The molecule has 1 aliphatic rings. The first kappa shape index (κ1) is 20.0. The molecule has 0 bridgehead atoms. The molecule has 0 radical (unpaired) electrons. The molecule has 0 spiro atoms. The van der Waals surface area contributed by atoms with Crippen molar-refractivity contribution in [1.29, 1.82) is 0 Å². The number of aryl methyl sites for hydroxylation is 1. The van der Waals surface area contributed by atoms with Crippen LogP contribution in [0, 0.1) is 0 Å². The average Bonchev–Trinajstić information content (AvgIpc) is 2.88. The van der Waals surface area contributed by atoms with E-state index in [4.69, 9.17) is 0 Å². The highest BCUT2D eigenvalue weighted by molar-refractivity contribution is 5.95. The first-order valence-corrected chi connectivity index (χ1v) is 10.1. The van der Waals surface area contributed by atoms with Gasteiger partial charge in [-0.3, -0.25) is 9.59 Å². The second-order valence-corrected chi connectivity index (χ2v) is 7.20. The Morgan fingerprint density at radius 3 is 2.71 bits per heavy atom. The number of aromatic nitrogens is 2. The summed E-state index contributed by atoms with van der Waals surface area (Å²) < 4.78 is 0. The minimum absolute atomic E-state index is 0.00147. The predicted octanol–water partition coefficient (Wildman–Crippen LogP) is 3.08. The molecule has 1 aromatic heterocycles. The summed E-state index contributed by atoms with van der Waals surface area (Å²) in [5.74, 6) is 0.0287. The number of hydrogen-bond acceptors (Lipinski definition) is 4. The van der Waals surface area contributed by atoms with Gasteiger partial charge in [-0.05, 0) is 18.4 Å². The monoisotopic (exact) mass is 380 g/mol. The molecule has 0 aliphatic carbocycles. The van der Waals surface area contributed by atoms with Gasteiger partial charge in [0.1, 0.15) is 6.33 Å². The lowest BCUT2D eigenvalue weighted by molar-refractivity contribution is -0.133. The molecular weight excluding hydrogens is 352 g/mol. The molecule has 0 unspecified atom stereocenters. The first-order valence-electron chi connectivity index (χ1n) is 10.1. The quantitative estimate of drug-likeness (QED) is 0.772. The van der Waals surface area contributed by atoms with Crippen LogP contribution in [0.1, 0.15) is 54.7 Å². The van der Waals surface area contributed by atoms with Crippen LogP contribution in [-0.4, -0.2) is 50.7 Å². The smallest absolute Gasteiger partial charge is 0.257 e. The Hall–Kier alpha value is -2.76. The van der Waals surface area contributed by atoms with E-state index in [9.17, 15) is 9.59 Å². The Labute approximate surface area is 166 Å². The second-order valence-electron chi connectivity index (χ2n) is 7.20. The fraction of sp³-hybridized carbons (Fsp3) is 0.455. The summed E-state index contributed by atoms with van der Waals surface area (Å²) in [4.78, 5) is 38.1. The number of rotatable bonds is 6. The van der Waals surface area contributed by atoms with E-state index in [1.807, 2.05) is 35.2 Å². The van der Waals surface area contributed by atoms with E-state index >= 15 is 0 Å². The van der Waals surface area contributed by atoms with Crippen molar-refractivity contribution in [3.63, 3.8) is 0 Å². The van der Waals surface area contributed by atoms with Crippen molar-refractivity contribution in [2.45, 2.75) is 52.1 Å². The molecule has 2 aromatic rings. The molecule has 1 aromatic carbocycles. The molecule has 28 heavy (non-hydrogen) atoms. The zero-order valence-electron chi connectivity index (χ0n) is 16.7. The second kappa shape index (κ2) is 9.44. The van der Waals surface area contributed by atoms with Gasteiger partial charge in [-0.1, -0.05) is 50.6 Å². The van der Waals surface area contributed by atoms with Crippen molar-refractivity contribution in [2.24, 2.45) is 0 Å². The topological polar surface area (TPSA) is 66.4 Å². The van der Waals surface area contributed by atoms with Crippen LogP contribution in [0.5, 0.6) is 0 Å². The van der Waals surface area contributed by atoms with Gasteiger partial charge in [-0.2, -0.15) is 0 Å².